The molecular formula is C71H83BN2. The van der Waals surface area contributed by atoms with E-state index in [9.17, 15) is 0 Å². The van der Waals surface area contributed by atoms with E-state index < -0.39 is 0 Å². The maximum Gasteiger partial charge on any atom is 0.252 e. The van der Waals surface area contributed by atoms with E-state index in [-0.39, 0.29) is 39.2 Å². The molecule has 0 aromatic heterocycles. The second kappa shape index (κ2) is 15.3. The molecule has 0 N–H and O–H groups in total. The number of anilines is 6. The highest BCUT2D eigenvalue weighted by Gasteiger charge is 2.67. The van der Waals surface area contributed by atoms with Gasteiger partial charge in [-0.1, -0.05) is 156 Å². The molecule has 0 unspecified atom stereocenters. The number of benzene rings is 6. The molecule has 74 heavy (non-hydrogen) atoms. The molecule has 7 fully saturated rings. The Morgan fingerprint density at radius 2 is 0.959 bits per heavy atom. The second-order valence-electron chi connectivity index (χ2n) is 30.4. The van der Waals surface area contributed by atoms with E-state index in [1.54, 1.807) is 5.56 Å². The molecule has 380 valence electrons. The first kappa shape index (κ1) is 47.4. The van der Waals surface area contributed by atoms with Crippen LogP contribution in [0.25, 0.3) is 11.1 Å². The topological polar surface area (TPSA) is 6.48 Å². The predicted octanol–water partition coefficient (Wildman–Crippen LogP) is 16.9. The van der Waals surface area contributed by atoms with Gasteiger partial charge in [0, 0.05) is 34.0 Å². The first-order valence-corrected chi connectivity index (χ1v) is 29.3. The molecule has 8 bridgehead atoms. The van der Waals surface area contributed by atoms with Crippen molar-refractivity contribution >= 4 is 57.2 Å². The van der Waals surface area contributed by atoms with Gasteiger partial charge in [0.05, 0.1) is 5.69 Å². The summed E-state index contributed by atoms with van der Waals surface area (Å²) >= 11 is 0. The molecular weight excluding hydrogens is 892 g/mol. The maximum absolute atomic E-state index is 2.82. The van der Waals surface area contributed by atoms with Crippen LogP contribution in [0.3, 0.4) is 0 Å². The minimum absolute atomic E-state index is 0.0156. The average molecular weight is 975 g/mol. The third-order valence-corrected chi connectivity index (χ3v) is 22.0. The Morgan fingerprint density at radius 3 is 1.55 bits per heavy atom. The zero-order chi connectivity index (χ0) is 51.6. The minimum Gasteiger partial charge on any atom is -0.311 e. The van der Waals surface area contributed by atoms with Crippen molar-refractivity contribution in [1.29, 1.82) is 0 Å². The quantitative estimate of drug-likeness (QED) is 0.162. The van der Waals surface area contributed by atoms with E-state index in [1.807, 2.05) is 0 Å². The molecule has 0 atom stereocenters. The Balaban J connectivity index is 1.07. The summed E-state index contributed by atoms with van der Waals surface area (Å²) in [6.45, 7) is 33.7. The Labute approximate surface area is 446 Å². The third-order valence-electron chi connectivity index (χ3n) is 22.0. The van der Waals surface area contributed by atoms with Crippen molar-refractivity contribution in [2.24, 2.45) is 41.4 Å². The van der Waals surface area contributed by atoms with Crippen LogP contribution in [0.2, 0.25) is 0 Å². The van der Waals surface area contributed by atoms with Crippen LogP contribution in [-0.4, -0.2) is 6.71 Å². The number of hydrogen-bond acceptors (Lipinski definition) is 2. The molecule has 16 rings (SSSR count). The summed E-state index contributed by atoms with van der Waals surface area (Å²) in [7, 11) is 0. The van der Waals surface area contributed by atoms with Gasteiger partial charge in [-0.2, -0.15) is 0 Å². The molecule has 6 aromatic rings. The lowest BCUT2D eigenvalue weighted by molar-refractivity contribution is -0.212. The van der Waals surface area contributed by atoms with Crippen LogP contribution < -0.4 is 26.2 Å². The fraction of sp³-hybridized carbons (Fsp3) is 0.493. The molecule has 10 aliphatic rings. The summed E-state index contributed by atoms with van der Waals surface area (Å²) in [5.74, 6) is 6.59. The maximum atomic E-state index is 2.82. The largest absolute Gasteiger partial charge is 0.311 e. The van der Waals surface area contributed by atoms with Gasteiger partial charge in [0.2, 0.25) is 0 Å². The van der Waals surface area contributed by atoms with Gasteiger partial charge in [-0.25, -0.2) is 0 Å². The lowest BCUT2D eigenvalue weighted by Crippen LogP contribution is -2.66. The number of hydrogen-bond donors (Lipinski definition) is 0. The van der Waals surface area contributed by atoms with Crippen molar-refractivity contribution in [2.45, 2.75) is 181 Å². The van der Waals surface area contributed by atoms with E-state index in [0.29, 0.717) is 0 Å². The van der Waals surface area contributed by atoms with Crippen molar-refractivity contribution < 1.29 is 0 Å². The zero-order valence-electron chi connectivity index (χ0n) is 47.6. The fourth-order valence-electron chi connectivity index (χ4n) is 18.0. The number of nitrogens with zero attached hydrogens (tertiary/aromatic N) is 2. The van der Waals surface area contributed by atoms with E-state index in [2.05, 4.69) is 216 Å². The average Bonchev–Trinajstić information content (AvgIpc) is 3.42. The highest BCUT2D eigenvalue weighted by molar-refractivity contribution is 7.00. The van der Waals surface area contributed by atoms with Gasteiger partial charge in [0.1, 0.15) is 0 Å². The van der Waals surface area contributed by atoms with Crippen molar-refractivity contribution in [1.82, 2.24) is 0 Å². The smallest absolute Gasteiger partial charge is 0.252 e. The lowest BCUT2D eigenvalue weighted by atomic mass is 9.31. The van der Waals surface area contributed by atoms with E-state index in [1.165, 1.54) is 146 Å². The predicted molar refractivity (Wildman–Crippen MR) is 316 cm³/mol. The molecule has 6 aromatic carbocycles. The number of aryl methyl sites for hydroxylation is 1. The highest BCUT2D eigenvalue weighted by Crippen LogP contribution is 2.74. The molecule has 0 spiro atoms. The van der Waals surface area contributed by atoms with Crippen molar-refractivity contribution in [3.8, 4) is 11.1 Å². The molecule has 0 radical (unpaired) electrons. The first-order valence-electron chi connectivity index (χ1n) is 29.3. The van der Waals surface area contributed by atoms with E-state index in [4.69, 9.17) is 0 Å². The van der Waals surface area contributed by atoms with Gasteiger partial charge in [-0.05, 0) is 236 Å². The van der Waals surface area contributed by atoms with Gasteiger partial charge in [-0.15, -0.1) is 0 Å². The Hall–Kier alpha value is -5.02. The van der Waals surface area contributed by atoms with Crippen LogP contribution in [0, 0.1) is 48.3 Å². The standard InChI is InChI=1S/C71H83BN2/c1-41-15-24-61-58(29-41)72-59-35-46(68(8,9)10)20-26-62(59)74(60-25-19-45(67(5,6)7)34-49(60)43-16-23-56-57(33-43)70(13,14)28-27-69(56,11)12)64-37-47(36-63(65(64)72)73(61)48-21-17-44(18-22-48)66(2,3)4)71-38-53-50-30-42-31-51(53)55(40-71)52(32-42)54(50)39-71/h15-26,29,33-37,42,50-55H,27-28,30-32,38-40H2,1-14H3. The van der Waals surface area contributed by atoms with E-state index >= 15 is 0 Å². The monoisotopic (exact) mass is 975 g/mol. The Morgan fingerprint density at radius 1 is 0.459 bits per heavy atom. The van der Waals surface area contributed by atoms with Gasteiger partial charge < -0.3 is 9.80 Å². The van der Waals surface area contributed by atoms with E-state index in [0.717, 1.165) is 41.4 Å². The zero-order valence-corrected chi connectivity index (χ0v) is 47.6. The van der Waals surface area contributed by atoms with Crippen LogP contribution in [0.4, 0.5) is 34.1 Å². The van der Waals surface area contributed by atoms with Gasteiger partial charge in [0.25, 0.3) is 6.71 Å². The molecule has 8 aliphatic carbocycles. The van der Waals surface area contributed by atoms with Gasteiger partial charge >= 0.3 is 0 Å². The molecule has 2 aliphatic heterocycles. The number of fused-ring (bicyclic) bond motifs is 5. The molecule has 0 saturated heterocycles. The van der Waals surface area contributed by atoms with Crippen LogP contribution in [-0.2, 0) is 32.5 Å². The lowest BCUT2D eigenvalue weighted by Gasteiger charge is -2.72. The fourth-order valence-corrected chi connectivity index (χ4v) is 18.0. The van der Waals surface area contributed by atoms with Crippen LogP contribution in [0.5, 0.6) is 0 Å². The van der Waals surface area contributed by atoms with Crippen molar-refractivity contribution in [3.05, 3.63) is 148 Å². The van der Waals surface area contributed by atoms with Crippen molar-refractivity contribution in [3.63, 3.8) is 0 Å². The molecule has 7 saturated carbocycles. The minimum atomic E-state index is -0.0176. The molecule has 3 heteroatoms. The Kier molecular flexibility index (Phi) is 9.84. The van der Waals surface area contributed by atoms with Gasteiger partial charge in [-0.3, -0.25) is 0 Å². The van der Waals surface area contributed by atoms with Crippen LogP contribution >= 0.6 is 0 Å². The molecule has 2 nitrogen and oxygen atoms in total. The highest BCUT2D eigenvalue weighted by atomic mass is 15.2. The third kappa shape index (κ3) is 6.81. The van der Waals surface area contributed by atoms with Crippen LogP contribution in [0.1, 0.15) is 180 Å². The summed E-state index contributed by atoms with van der Waals surface area (Å²) in [5.41, 5.74) is 25.6. The second-order valence-corrected chi connectivity index (χ2v) is 30.4. The SMILES string of the molecule is Cc1ccc2c(c1)B1c3cc(C(C)(C)C)ccc3N(c3ccc(C(C)(C)C)cc3-c3ccc4c(c3)C(C)(C)CCC4(C)C)c3cc(C45CC6C7CC8CC6C(C4)C(C8)C7C5)cc(c31)N2c1ccc(C(C)(C)C)cc1. The first-order chi connectivity index (χ1) is 34.9. The molecule has 0 amide bonds. The summed E-state index contributed by atoms with van der Waals surface area (Å²) in [5, 5.41) is 0. The summed E-state index contributed by atoms with van der Waals surface area (Å²) in [6.07, 6.45) is 11.1. The molecule has 2 heterocycles. The van der Waals surface area contributed by atoms with Crippen molar-refractivity contribution in [2.75, 3.05) is 9.80 Å². The normalized spacial score (nSPS) is 28.3. The van der Waals surface area contributed by atoms with Gasteiger partial charge in [0.15, 0.2) is 0 Å². The summed E-state index contributed by atoms with van der Waals surface area (Å²) < 4.78 is 0. The Bertz CT molecular complexity index is 3270. The summed E-state index contributed by atoms with van der Waals surface area (Å²) in [6, 6.07) is 45.6. The summed E-state index contributed by atoms with van der Waals surface area (Å²) in [4.78, 5) is 5.53. The van der Waals surface area contributed by atoms with Crippen LogP contribution in [0.15, 0.2) is 109 Å². The number of rotatable bonds is 4.